The van der Waals surface area contributed by atoms with Crippen molar-refractivity contribution in [3.05, 3.63) is 70.6 Å². The topological polar surface area (TPSA) is 80.9 Å². The third-order valence-electron chi connectivity index (χ3n) is 5.16. The van der Waals surface area contributed by atoms with Gasteiger partial charge in [0, 0.05) is 12.6 Å². The van der Waals surface area contributed by atoms with Gasteiger partial charge in [-0.05, 0) is 37.5 Å². The molecule has 4 N–H and O–H groups in total. The quantitative estimate of drug-likeness (QED) is 0.568. The second-order valence-electron chi connectivity index (χ2n) is 7.48. The lowest BCUT2D eigenvalue weighted by molar-refractivity contribution is 0.0522. The molecule has 144 valence electrons. The van der Waals surface area contributed by atoms with Crippen molar-refractivity contribution in [2.45, 2.75) is 50.7 Å². The molecular formula is C22H29N3O2. The van der Waals surface area contributed by atoms with E-state index in [1.54, 1.807) is 0 Å². The third-order valence-corrected chi connectivity index (χ3v) is 5.16. The molecule has 1 saturated carbocycles. The highest BCUT2D eigenvalue weighted by Crippen LogP contribution is 2.22. The molecule has 5 nitrogen and oxygen atoms in total. The zero-order valence-corrected chi connectivity index (χ0v) is 15.9. The van der Waals surface area contributed by atoms with Gasteiger partial charge in [-0.1, -0.05) is 61.7 Å². The van der Waals surface area contributed by atoms with E-state index in [2.05, 4.69) is 15.3 Å². The summed E-state index contributed by atoms with van der Waals surface area (Å²) in [6.45, 7) is 2.53. The first-order chi connectivity index (χ1) is 13.0. The van der Waals surface area contributed by atoms with Gasteiger partial charge in [0.25, 0.3) is 0 Å². The molecule has 4 rings (SSSR count). The van der Waals surface area contributed by atoms with Crippen molar-refractivity contribution in [2.24, 2.45) is 0 Å². The zero-order valence-electron chi connectivity index (χ0n) is 15.9. The van der Waals surface area contributed by atoms with Crippen LogP contribution in [0, 0.1) is 0 Å². The fraction of sp³-hybridized carbons (Fsp3) is 0.409. The average molecular weight is 367 g/mol. The number of benzene rings is 2. The van der Waals surface area contributed by atoms with Crippen LogP contribution in [0.5, 0.6) is 0 Å². The van der Waals surface area contributed by atoms with E-state index in [-0.39, 0.29) is 5.69 Å². The largest absolute Gasteiger partial charge is 0.384 e. The Morgan fingerprint density at radius 3 is 2.11 bits per heavy atom. The number of H-pyrrole nitrogens is 2. The summed E-state index contributed by atoms with van der Waals surface area (Å²) >= 11 is 0. The smallest absolute Gasteiger partial charge is 0.323 e. The van der Waals surface area contributed by atoms with Crippen molar-refractivity contribution in [3.8, 4) is 0 Å². The minimum absolute atomic E-state index is 0.152. The maximum Gasteiger partial charge on any atom is 0.323 e. The first-order valence-electron chi connectivity index (χ1n) is 9.73. The fourth-order valence-corrected chi connectivity index (χ4v) is 3.53. The van der Waals surface area contributed by atoms with E-state index < -0.39 is 5.60 Å². The van der Waals surface area contributed by atoms with Crippen molar-refractivity contribution in [2.75, 3.05) is 6.54 Å². The molecule has 3 aromatic rings. The molecule has 0 spiro atoms. The number of aromatic nitrogens is 2. The van der Waals surface area contributed by atoms with Gasteiger partial charge >= 0.3 is 5.69 Å². The number of para-hydroxylation sites is 2. The number of aliphatic hydroxyl groups is 1. The molecule has 1 heterocycles. The van der Waals surface area contributed by atoms with E-state index in [1.165, 1.54) is 32.1 Å². The number of imidazole rings is 1. The van der Waals surface area contributed by atoms with E-state index in [4.69, 9.17) is 0 Å². The highest BCUT2D eigenvalue weighted by Gasteiger charge is 2.24. The van der Waals surface area contributed by atoms with Gasteiger partial charge in [0.1, 0.15) is 0 Å². The summed E-state index contributed by atoms with van der Waals surface area (Å²) in [7, 11) is 0. The van der Waals surface area contributed by atoms with Gasteiger partial charge in [-0.15, -0.1) is 0 Å². The molecule has 2 aromatic carbocycles. The Bertz CT molecular complexity index is 841. The molecule has 0 radical (unpaired) electrons. The zero-order chi connectivity index (χ0) is 19.1. The van der Waals surface area contributed by atoms with Crippen LogP contribution in [-0.2, 0) is 5.60 Å². The SMILES string of the molecule is CC(O)(CNC1CCCCC1)c1ccccc1.O=c1[nH]c2ccccc2[nH]1. The first-order valence-corrected chi connectivity index (χ1v) is 9.73. The van der Waals surface area contributed by atoms with Crippen LogP contribution in [0.2, 0.25) is 0 Å². The van der Waals surface area contributed by atoms with Gasteiger partial charge in [-0.25, -0.2) is 4.79 Å². The Morgan fingerprint density at radius 2 is 1.52 bits per heavy atom. The molecule has 1 aliphatic rings. The van der Waals surface area contributed by atoms with Crippen molar-refractivity contribution < 1.29 is 5.11 Å². The number of hydrogen-bond donors (Lipinski definition) is 4. The summed E-state index contributed by atoms with van der Waals surface area (Å²) in [5.74, 6) is 0. The van der Waals surface area contributed by atoms with Gasteiger partial charge in [-0.2, -0.15) is 0 Å². The Morgan fingerprint density at radius 1 is 0.963 bits per heavy atom. The summed E-state index contributed by atoms with van der Waals surface area (Å²) in [5, 5.41) is 14.0. The minimum atomic E-state index is -0.765. The maximum absolute atomic E-state index is 10.7. The van der Waals surface area contributed by atoms with Crippen LogP contribution in [0.1, 0.15) is 44.6 Å². The maximum atomic E-state index is 10.7. The summed E-state index contributed by atoms with van der Waals surface area (Å²) in [6, 6.07) is 18.0. The van der Waals surface area contributed by atoms with Gasteiger partial charge < -0.3 is 20.4 Å². The van der Waals surface area contributed by atoms with Crippen LogP contribution in [0.4, 0.5) is 0 Å². The molecule has 27 heavy (non-hydrogen) atoms. The summed E-state index contributed by atoms with van der Waals surface area (Å²) in [4.78, 5) is 16.0. The number of hydrogen-bond acceptors (Lipinski definition) is 3. The summed E-state index contributed by atoms with van der Waals surface area (Å²) in [5.41, 5.74) is 1.78. The lowest BCUT2D eigenvalue weighted by Crippen LogP contribution is -2.41. The number of aromatic amines is 2. The van der Waals surface area contributed by atoms with Crippen LogP contribution in [0.3, 0.4) is 0 Å². The molecule has 0 amide bonds. The molecule has 0 saturated heterocycles. The normalized spacial score (nSPS) is 17.1. The average Bonchev–Trinajstić information content (AvgIpc) is 3.09. The van der Waals surface area contributed by atoms with Crippen LogP contribution in [-0.4, -0.2) is 27.7 Å². The third kappa shape index (κ3) is 5.55. The van der Waals surface area contributed by atoms with Gasteiger partial charge in [-0.3, -0.25) is 0 Å². The molecule has 0 aliphatic heterocycles. The predicted octanol–water partition coefficient (Wildman–Crippen LogP) is 3.67. The minimum Gasteiger partial charge on any atom is -0.384 e. The molecule has 1 aromatic heterocycles. The van der Waals surface area contributed by atoms with Crippen LogP contribution in [0.25, 0.3) is 11.0 Å². The first kappa shape index (κ1) is 19.4. The van der Waals surface area contributed by atoms with Gasteiger partial charge in [0.05, 0.1) is 16.6 Å². The Hall–Kier alpha value is -2.37. The molecular weight excluding hydrogens is 338 g/mol. The number of fused-ring (bicyclic) bond motifs is 1. The molecule has 1 fully saturated rings. The van der Waals surface area contributed by atoms with Crippen molar-refractivity contribution >= 4 is 11.0 Å². The van der Waals surface area contributed by atoms with Crippen LogP contribution < -0.4 is 11.0 Å². The fourth-order valence-electron chi connectivity index (χ4n) is 3.53. The number of nitrogens with one attached hydrogen (secondary N) is 3. The van der Waals surface area contributed by atoms with Gasteiger partial charge in [0.2, 0.25) is 0 Å². The van der Waals surface area contributed by atoms with E-state index in [9.17, 15) is 9.90 Å². The van der Waals surface area contributed by atoms with E-state index in [1.807, 2.05) is 61.5 Å². The molecule has 5 heteroatoms. The van der Waals surface area contributed by atoms with Gasteiger partial charge in [0.15, 0.2) is 0 Å². The standard InChI is InChI=1S/C15H23NO.C7H6N2O/c1-15(17,13-8-4-2-5-9-13)12-16-14-10-6-3-7-11-14;10-7-8-5-3-1-2-4-6(5)9-7/h2,4-5,8-9,14,16-17H,3,6-7,10-12H2,1H3;1-4H,(H2,8,9,10). The van der Waals surface area contributed by atoms with Crippen LogP contribution >= 0.6 is 0 Å². The monoisotopic (exact) mass is 367 g/mol. The highest BCUT2D eigenvalue weighted by molar-refractivity contribution is 5.73. The molecule has 1 atom stereocenters. The van der Waals surface area contributed by atoms with Crippen molar-refractivity contribution in [1.82, 2.24) is 15.3 Å². The Kier molecular flexibility index (Phi) is 6.48. The summed E-state index contributed by atoms with van der Waals surface area (Å²) in [6.07, 6.45) is 6.53. The second kappa shape index (κ2) is 9.02. The number of rotatable bonds is 4. The van der Waals surface area contributed by atoms with Crippen LogP contribution in [0.15, 0.2) is 59.4 Å². The predicted molar refractivity (Wildman–Crippen MR) is 110 cm³/mol. The van der Waals surface area contributed by atoms with E-state index in [0.717, 1.165) is 16.6 Å². The van der Waals surface area contributed by atoms with Crippen molar-refractivity contribution in [1.29, 1.82) is 0 Å². The lowest BCUT2D eigenvalue weighted by atomic mass is 9.92. The van der Waals surface area contributed by atoms with Crippen molar-refractivity contribution in [3.63, 3.8) is 0 Å². The Balaban J connectivity index is 0.000000177. The highest BCUT2D eigenvalue weighted by atomic mass is 16.3. The van der Waals surface area contributed by atoms with E-state index >= 15 is 0 Å². The summed E-state index contributed by atoms with van der Waals surface area (Å²) < 4.78 is 0. The molecule has 1 aliphatic carbocycles. The molecule has 1 unspecified atom stereocenters. The van der Waals surface area contributed by atoms with E-state index in [0.29, 0.717) is 12.6 Å². The Labute approximate surface area is 159 Å². The lowest BCUT2D eigenvalue weighted by Gasteiger charge is -2.29. The second-order valence-corrected chi connectivity index (χ2v) is 7.48. The molecule has 0 bridgehead atoms.